The molecule has 0 amide bonds. The van der Waals surface area contributed by atoms with E-state index in [0.717, 1.165) is 19.0 Å². The maximum atomic E-state index is 13.4. The molecule has 0 bridgehead atoms. The second kappa shape index (κ2) is 6.51. The Bertz CT molecular complexity index is 570. The number of nitrogens with one attached hydrogen (secondary N) is 1. The molecule has 0 aliphatic heterocycles. The van der Waals surface area contributed by atoms with Gasteiger partial charge in [-0.1, -0.05) is 13.0 Å². The van der Waals surface area contributed by atoms with Gasteiger partial charge in [0.05, 0.1) is 7.05 Å². The maximum Gasteiger partial charge on any atom is 0.176 e. The van der Waals surface area contributed by atoms with Crippen molar-refractivity contribution in [1.29, 1.82) is 0 Å². The summed E-state index contributed by atoms with van der Waals surface area (Å²) in [6, 6.07) is 3.74. The monoisotopic (exact) mass is 281 g/mol. The molecule has 1 N–H and O–H groups in total. The first-order chi connectivity index (χ1) is 9.60. The minimum Gasteiger partial charge on any atom is -0.310 e. The fraction of sp³-hybridized carbons (Fsp3) is 0.462. The summed E-state index contributed by atoms with van der Waals surface area (Å²) in [5.41, 5.74) is 0.671. The van der Waals surface area contributed by atoms with E-state index in [1.807, 2.05) is 6.92 Å². The van der Waals surface area contributed by atoms with Crippen molar-refractivity contribution in [3.05, 3.63) is 41.2 Å². The van der Waals surface area contributed by atoms with Crippen LogP contribution in [0.3, 0.4) is 0 Å². The topological polar surface area (TPSA) is 55.6 Å². The summed E-state index contributed by atoms with van der Waals surface area (Å²) >= 11 is 0. The Morgan fingerprint density at radius 2 is 2.10 bits per heavy atom. The molecule has 0 spiro atoms. The number of halogens is 2. The first-order valence-corrected chi connectivity index (χ1v) is 6.51. The molecule has 20 heavy (non-hydrogen) atoms. The number of hydrogen-bond donors (Lipinski definition) is 1. The molecule has 5 nitrogen and oxygen atoms in total. The van der Waals surface area contributed by atoms with Crippen molar-refractivity contribution in [2.75, 3.05) is 6.54 Å². The minimum absolute atomic E-state index is 0.172. The zero-order chi connectivity index (χ0) is 14.5. The molecule has 1 aromatic heterocycles. The first kappa shape index (κ1) is 14.5. The molecule has 2 rings (SSSR count). The molecule has 1 aromatic carbocycles. The van der Waals surface area contributed by atoms with Crippen LogP contribution in [0.25, 0.3) is 0 Å². The summed E-state index contributed by atoms with van der Waals surface area (Å²) < 4.78 is 26.4. The fourth-order valence-electron chi connectivity index (χ4n) is 1.94. The third-order valence-corrected chi connectivity index (χ3v) is 2.92. The number of aryl methyl sites for hydroxylation is 1. The predicted octanol–water partition coefficient (Wildman–Crippen LogP) is 1.77. The zero-order valence-electron chi connectivity index (χ0n) is 11.5. The Kier molecular flexibility index (Phi) is 4.73. The second-order valence-corrected chi connectivity index (χ2v) is 4.58. The van der Waals surface area contributed by atoms with E-state index in [0.29, 0.717) is 17.8 Å². The summed E-state index contributed by atoms with van der Waals surface area (Å²) in [6.45, 7) is 2.81. The Balaban J connectivity index is 2.19. The molecule has 0 fully saturated rings. The van der Waals surface area contributed by atoms with Gasteiger partial charge in [0.25, 0.3) is 0 Å². The van der Waals surface area contributed by atoms with Crippen molar-refractivity contribution in [2.24, 2.45) is 7.05 Å². The van der Waals surface area contributed by atoms with Crippen molar-refractivity contribution in [1.82, 2.24) is 25.5 Å². The molecule has 0 aliphatic carbocycles. The molecule has 0 saturated heterocycles. The molecule has 1 atom stereocenters. The quantitative estimate of drug-likeness (QED) is 0.877. The van der Waals surface area contributed by atoms with E-state index in [4.69, 9.17) is 0 Å². The van der Waals surface area contributed by atoms with Gasteiger partial charge in [0.15, 0.2) is 17.5 Å². The average molecular weight is 281 g/mol. The molecule has 108 valence electrons. The van der Waals surface area contributed by atoms with Gasteiger partial charge < -0.3 is 5.32 Å². The first-order valence-electron chi connectivity index (χ1n) is 6.51. The van der Waals surface area contributed by atoms with Gasteiger partial charge >= 0.3 is 0 Å². The van der Waals surface area contributed by atoms with Crippen molar-refractivity contribution in [3.8, 4) is 0 Å². The summed E-state index contributed by atoms with van der Waals surface area (Å²) in [5.74, 6) is -1.13. The van der Waals surface area contributed by atoms with Crippen LogP contribution in [0.2, 0.25) is 0 Å². The molecule has 2 aromatic rings. The van der Waals surface area contributed by atoms with Crippen LogP contribution in [0.15, 0.2) is 18.2 Å². The van der Waals surface area contributed by atoms with Crippen molar-refractivity contribution in [2.45, 2.75) is 25.8 Å². The summed E-state index contributed by atoms with van der Waals surface area (Å²) in [6.07, 6.45) is 1.41. The molecule has 7 heteroatoms. The molecule has 1 heterocycles. The van der Waals surface area contributed by atoms with E-state index in [1.165, 1.54) is 10.9 Å². The van der Waals surface area contributed by atoms with E-state index in [9.17, 15) is 8.78 Å². The van der Waals surface area contributed by atoms with E-state index >= 15 is 0 Å². The van der Waals surface area contributed by atoms with Crippen LogP contribution in [0.4, 0.5) is 8.78 Å². The highest BCUT2D eigenvalue weighted by molar-refractivity contribution is 5.22. The van der Waals surface area contributed by atoms with Gasteiger partial charge in [0, 0.05) is 12.5 Å². The molecular formula is C13H17F2N5. The van der Waals surface area contributed by atoms with Gasteiger partial charge in [-0.2, -0.15) is 4.80 Å². The summed E-state index contributed by atoms with van der Waals surface area (Å²) in [4.78, 5) is 1.37. The van der Waals surface area contributed by atoms with E-state index in [2.05, 4.69) is 20.7 Å². The average Bonchev–Trinajstić information content (AvgIpc) is 2.83. The van der Waals surface area contributed by atoms with Gasteiger partial charge in [-0.15, -0.1) is 10.2 Å². The van der Waals surface area contributed by atoms with Gasteiger partial charge in [-0.3, -0.25) is 0 Å². The lowest BCUT2D eigenvalue weighted by Gasteiger charge is -2.17. The van der Waals surface area contributed by atoms with Crippen LogP contribution in [0.5, 0.6) is 0 Å². The second-order valence-electron chi connectivity index (χ2n) is 4.58. The number of nitrogens with zero attached hydrogens (tertiary/aromatic N) is 4. The smallest absolute Gasteiger partial charge is 0.176 e. The Morgan fingerprint density at radius 3 is 2.70 bits per heavy atom. The molecule has 0 saturated carbocycles. The third-order valence-electron chi connectivity index (χ3n) is 2.92. The predicted molar refractivity (Wildman–Crippen MR) is 69.9 cm³/mol. The lowest BCUT2D eigenvalue weighted by molar-refractivity contribution is 0.489. The Morgan fingerprint density at radius 1 is 1.30 bits per heavy atom. The largest absolute Gasteiger partial charge is 0.310 e. The van der Waals surface area contributed by atoms with Crippen LogP contribution >= 0.6 is 0 Å². The molecule has 1 unspecified atom stereocenters. The number of aromatic nitrogens is 4. The van der Waals surface area contributed by atoms with E-state index in [-0.39, 0.29) is 6.04 Å². The van der Waals surface area contributed by atoms with Crippen LogP contribution < -0.4 is 5.32 Å². The van der Waals surface area contributed by atoms with Gasteiger partial charge in [0.2, 0.25) is 0 Å². The Labute approximate surface area is 116 Å². The number of tetrazole rings is 1. The number of hydrogen-bond acceptors (Lipinski definition) is 4. The number of benzene rings is 1. The Hall–Kier alpha value is -1.89. The van der Waals surface area contributed by atoms with Crippen LogP contribution in [-0.4, -0.2) is 26.8 Å². The van der Waals surface area contributed by atoms with Gasteiger partial charge in [0.1, 0.15) is 0 Å². The SMILES string of the molecule is CCCNC(Cc1nnn(C)n1)c1ccc(F)c(F)c1. The lowest BCUT2D eigenvalue weighted by Crippen LogP contribution is -2.24. The van der Waals surface area contributed by atoms with E-state index < -0.39 is 11.6 Å². The number of rotatable bonds is 6. The van der Waals surface area contributed by atoms with Gasteiger partial charge in [-0.25, -0.2) is 8.78 Å². The zero-order valence-corrected chi connectivity index (χ0v) is 11.5. The van der Waals surface area contributed by atoms with Crippen LogP contribution in [0, 0.1) is 11.6 Å². The fourth-order valence-corrected chi connectivity index (χ4v) is 1.94. The normalized spacial score (nSPS) is 12.6. The maximum absolute atomic E-state index is 13.4. The summed E-state index contributed by atoms with van der Waals surface area (Å²) in [5, 5.41) is 15.1. The van der Waals surface area contributed by atoms with E-state index in [1.54, 1.807) is 13.1 Å². The highest BCUT2D eigenvalue weighted by Crippen LogP contribution is 2.19. The van der Waals surface area contributed by atoms with Crippen molar-refractivity contribution in [3.63, 3.8) is 0 Å². The third kappa shape index (κ3) is 3.57. The molecular weight excluding hydrogens is 264 g/mol. The molecule has 0 radical (unpaired) electrons. The van der Waals surface area contributed by atoms with Crippen molar-refractivity contribution >= 4 is 0 Å². The highest BCUT2D eigenvalue weighted by Gasteiger charge is 2.16. The summed E-state index contributed by atoms with van der Waals surface area (Å²) in [7, 11) is 1.68. The van der Waals surface area contributed by atoms with Crippen LogP contribution in [-0.2, 0) is 13.5 Å². The minimum atomic E-state index is -0.849. The standard InChI is InChI=1S/C13H17F2N5/c1-3-6-16-12(8-13-17-19-20(2)18-13)9-4-5-10(14)11(15)7-9/h4-5,7,12,16H,3,6,8H2,1-2H3. The van der Waals surface area contributed by atoms with Crippen molar-refractivity contribution < 1.29 is 8.78 Å². The van der Waals surface area contributed by atoms with Crippen LogP contribution in [0.1, 0.15) is 30.8 Å². The highest BCUT2D eigenvalue weighted by atomic mass is 19.2. The van der Waals surface area contributed by atoms with Gasteiger partial charge in [-0.05, 0) is 35.9 Å². The molecule has 0 aliphatic rings. The lowest BCUT2D eigenvalue weighted by atomic mass is 10.0.